The maximum atomic E-state index is 12.9. The van der Waals surface area contributed by atoms with Gasteiger partial charge >= 0.3 is 0 Å². The summed E-state index contributed by atoms with van der Waals surface area (Å²) in [6, 6.07) is 13.4. The lowest BCUT2D eigenvalue weighted by Crippen LogP contribution is -2.09. The summed E-state index contributed by atoms with van der Waals surface area (Å²) in [4.78, 5) is 0. The van der Waals surface area contributed by atoms with E-state index in [0.717, 1.165) is 5.56 Å². The monoisotopic (exact) mass is 310 g/mol. The molecule has 0 heterocycles. The van der Waals surface area contributed by atoms with Crippen LogP contribution in [0.4, 0.5) is 4.39 Å². The van der Waals surface area contributed by atoms with E-state index in [1.807, 2.05) is 30.3 Å². The van der Waals surface area contributed by atoms with E-state index in [-0.39, 0.29) is 12.4 Å². The third-order valence-corrected chi connectivity index (χ3v) is 3.09. The largest absolute Gasteiger partial charge is 0.489 e. The molecule has 94 valence electrons. The maximum absolute atomic E-state index is 12.9. The molecule has 0 aliphatic carbocycles. The second-order valence-corrected chi connectivity index (χ2v) is 4.67. The molecule has 1 unspecified atom stereocenters. The molecule has 2 aromatic carbocycles. The fourth-order valence-electron chi connectivity index (χ4n) is 1.53. The van der Waals surface area contributed by atoms with Crippen molar-refractivity contribution in [3.05, 3.63) is 64.4 Å². The molecule has 18 heavy (non-hydrogen) atoms. The molecule has 1 N–H and O–H groups in total. The van der Waals surface area contributed by atoms with E-state index in [4.69, 9.17) is 4.74 Å². The van der Waals surface area contributed by atoms with E-state index >= 15 is 0 Å². The van der Waals surface area contributed by atoms with Gasteiger partial charge in [-0.2, -0.15) is 0 Å². The Morgan fingerprint density at radius 3 is 2.56 bits per heavy atom. The Kier molecular flexibility index (Phi) is 4.33. The van der Waals surface area contributed by atoms with Gasteiger partial charge in [0.2, 0.25) is 0 Å². The van der Waals surface area contributed by atoms with Gasteiger partial charge in [0.05, 0.1) is 4.47 Å². The van der Waals surface area contributed by atoms with Crippen molar-refractivity contribution in [1.82, 2.24) is 0 Å². The predicted octanol–water partition coefficient (Wildman–Crippen LogP) is 3.70. The van der Waals surface area contributed by atoms with Gasteiger partial charge in [0.1, 0.15) is 24.3 Å². The van der Waals surface area contributed by atoms with Crippen molar-refractivity contribution < 1.29 is 14.2 Å². The molecule has 0 amide bonds. The highest BCUT2D eigenvalue weighted by molar-refractivity contribution is 9.10. The maximum Gasteiger partial charge on any atom is 0.133 e. The Bertz CT molecular complexity index is 516. The van der Waals surface area contributed by atoms with Crippen LogP contribution in [-0.4, -0.2) is 11.7 Å². The first kappa shape index (κ1) is 13.1. The molecule has 0 aliphatic rings. The van der Waals surface area contributed by atoms with Crippen LogP contribution >= 0.6 is 15.9 Å². The number of aliphatic hydroxyl groups is 1. The topological polar surface area (TPSA) is 29.5 Å². The normalized spacial score (nSPS) is 12.2. The molecule has 2 nitrogen and oxygen atoms in total. The van der Waals surface area contributed by atoms with Crippen LogP contribution in [0.5, 0.6) is 5.75 Å². The quantitative estimate of drug-likeness (QED) is 0.933. The number of benzene rings is 2. The highest BCUT2D eigenvalue weighted by atomic mass is 79.9. The van der Waals surface area contributed by atoms with Crippen molar-refractivity contribution in [1.29, 1.82) is 0 Å². The molecule has 0 spiro atoms. The van der Waals surface area contributed by atoms with Crippen LogP contribution < -0.4 is 4.74 Å². The zero-order valence-electron chi connectivity index (χ0n) is 9.51. The lowest BCUT2D eigenvalue weighted by molar-refractivity contribution is 0.108. The molecule has 0 radical (unpaired) electrons. The van der Waals surface area contributed by atoms with Crippen molar-refractivity contribution in [3.63, 3.8) is 0 Å². The lowest BCUT2D eigenvalue weighted by Gasteiger charge is -2.13. The second-order valence-electron chi connectivity index (χ2n) is 3.81. The van der Waals surface area contributed by atoms with Crippen LogP contribution in [0, 0.1) is 5.82 Å². The van der Waals surface area contributed by atoms with Gasteiger partial charge < -0.3 is 9.84 Å². The zero-order valence-corrected chi connectivity index (χ0v) is 11.1. The number of ether oxygens (including phenoxy) is 1. The van der Waals surface area contributed by atoms with E-state index in [1.165, 1.54) is 18.2 Å². The first-order valence-corrected chi connectivity index (χ1v) is 6.27. The summed E-state index contributed by atoms with van der Waals surface area (Å²) in [6.07, 6.45) is -0.705. The van der Waals surface area contributed by atoms with Crippen molar-refractivity contribution in [3.8, 4) is 5.75 Å². The minimum atomic E-state index is -0.705. The molecule has 0 saturated carbocycles. The van der Waals surface area contributed by atoms with Gasteiger partial charge in [0.25, 0.3) is 0 Å². The van der Waals surface area contributed by atoms with Gasteiger partial charge in [0.15, 0.2) is 0 Å². The third kappa shape index (κ3) is 3.31. The molecule has 0 aliphatic heterocycles. The van der Waals surface area contributed by atoms with Crippen molar-refractivity contribution >= 4 is 15.9 Å². The van der Waals surface area contributed by atoms with Crippen LogP contribution in [0.1, 0.15) is 11.7 Å². The fraction of sp³-hybridized carbons (Fsp3) is 0.143. The summed E-state index contributed by atoms with van der Waals surface area (Å²) in [7, 11) is 0. The smallest absolute Gasteiger partial charge is 0.133 e. The number of hydrogen-bond acceptors (Lipinski definition) is 2. The van der Waals surface area contributed by atoms with Crippen molar-refractivity contribution in [2.24, 2.45) is 0 Å². The number of hydrogen-bond donors (Lipinski definition) is 1. The summed E-state index contributed by atoms with van der Waals surface area (Å²) in [5.41, 5.74) is 0.788. The fourth-order valence-corrected chi connectivity index (χ4v) is 2.00. The van der Waals surface area contributed by atoms with Crippen LogP contribution in [0.25, 0.3) is 0 Å². The second kappa shape index (κ2) is 5.98. The summed E-state index contributed by atoms with van der Waals surface area (Å²) in [5, 5.41) is 9.91. The Morgan fingerprint density at radius 1 is 1.17 bits per heavy atom. The molecule has 0 saturated heterocycles. The van der Waals surface area contributed by atoms with Gasteiger partial charge in [-0.25, -0.2) is 4.39 Å². The van der Waals surface area contributed by atoms with Gasteiger partial charge in [-0.05, 0) is 39.7 Å². The number of rotatable bonds is 4. The van der Waals surface area contributed by atoms with Crippen LogP contribution in [0.3, 0.4) is 0 Å². The van der Waals surface area contributed by atoms with Gasteiger partial charge in [0, 0.05) is 0 Å². The Hall–Kier alpha value is -1.39. The standard InChI is InChI=1S/C14H12BrFO2/c15-12-8-11(16)6-7-14(12)18-9-13(17)10-4-2-1-3-5-10/h1-8,13,17H,9H2. The lowest BCUT2D eigenvalue weighted by atomic mass is 10.1. The first-order valence-electron chi connectivity index (χ1n) is 5.47. The molecule has 0 aromatic heterocycles. The Labute approximate surface area is 113 Å². The Morgan fingerprint density at radius 2 is 1.89 bits per heavy atom. The van der Waals surface area contributed by atoms with Gasteiger partial charge in [-0.1, -0.05) is 30.3 Å². The predicted molar refractivity (Wildman–Crippen MR) is 71.0 cm³/mol. The molecule has 0 fully saturated rings. The third-order valence-electron chi connectivity index (χ3n) is 2.47. The molecular weight excluding hydrogens is 299 g/mol. The molecule has 2 aromatic rings. The zero-order chi connectivity index (χ0) is 13.0. The number of aliphatic hydroxyl groups excluding tert-OH is 1. The summed E-state index contributed by atoms with van der Waals surface area (Å²) >= 11 is 3.21. The Balaban J connectivity index is 1.99. The number of halogens is 2. The van der Waals surface area contributed by atoms with E-state index in [9.17, 15) is 9.50 Å². The molecular formula is C14H12BrFO2. The highest BCUT2D eigenvalue weighted by Crippen LogP contribution is 2.26. The van der Waals surface area contributed by atoms with Gasteiger partial charge in [-0.3, -0.25) is 0 Å². The minimum Gasteiger partial charge on any atom is -0.489 e. The van der Waals surface area contributed by atoms with E-state index < -0.39 is 6.10 Å². The summed E-state index contributed by atoms with van der Waals surface area (Å²) in [6.45, 7) is 0.119. The molecule has 1 atom stereocenters. The minimum absolute atomic E-state index is 0.119. The van der Waals surface area contributed by atoms with E-state index in [2.05, 4.69) is 15.9 Å². The highest BCUT2D eigenvalue weighted by Gasteiger charge is 2.09. The molecule has 4 heteroatoms. The van der Waals surface area contributed by atoms with E-state index in [0.29, 0.717) is 10.2 Å². The van der Waals surface area contributed by atoms with Crippen LogP contribution in [-0.2, 0) is 0 Å². The average Bonchev–Trinajstić information content (AvgIpc) is 2.38. The molecule has 2 rings (SSSR count). The van der Waals surface area contributed by atoms with Crippen molar-refractivity contribution in [2.75, 3.05) is 6.61 Å². The van der Waals surface area contributed by atoms with Gasteiger partial charge in [-0.15, -0.1) is 0 Å². The summed E-state index contributed by atoms with van der Waals surface area (Å²) in [5.74, 6) is 0.171. The van der Waals surface area contributed by atoms with Crippen molar-refractivity contribution in [2.45, 2.75) is 6.10 Å². The van der Waals surface area contributed by atoms with Crippen LogP contribution in [0.2, 0.25) is 0 Å². The summed E-state index contributed by atoms with van der Waals surface area (Å²) < 4.78 is 18.9. The van der Waals surface area contributed by atoms with Crippen LogP contribution in [0.15, 0.2) is 53.0 Å². The average molecular weight is 311 g/mol. The molecule has 0 bridgehead atoms. The van der Waals surface area contributed by atoms with E-state index in [1.54, 1.807) is 0 Å². The first-order chi connectivity index (χ1) is 8.66. The SMILES string of the molecule is OC(COc1ccc(F)cc1Br)c1ccccc1.